The fraction of sp³-hybridized carbons (Fsp3) is 0.571. The Kier molecular flexibility index (Phi) is 2.81. The molecule has 2 aliphatic carbocycles. The topological polar surface area (TPSA) is 40.5 Å². The molecule has 0 aromatic carbocycles. The molecule has 2 aliphatic rings. The molecule has 0 aromatic rings. The van der Waals surface area contributed by atoms with Crippen LogP contribution in [0.15, 0.2) is 36.5 Å². The molecule has 0 aromatic heterocycles. The summed E-state index contributed by atoms with van der Waals surface area (Å²) < 4.78 is 0. The first-order valence-corrected chi connectivity index (χ1v) is 5.87. The highest BCUT2D eigenvalue weighted by Gasteiger charge is 2.45. The predicted molar refractivity (Wildman–Crippen MR) is 65.0 cm³/mol. The van der Waals surface area contributed by atoms with E-state index in [0.29, 0.717) is 38.5 Å². The summed E-state index contributed by atoms with van der Waals surface area (Å²) in [5.74, 6) is 0. The van der Waals surface area contributed by atoms with E-state index in [4.69, 9.17) is 0 Å². The monoisotopic (exact) mass is 220 g/mol. The fourth-order valence-corrected chi connectivity index (χ4v) is 3.16. The highest BCUT2D eigenvalue weighted by atomic mass is 16.3. The van der Waals surface area contributed by atoms with Gasteiger partial charge in [-0.3, -0.25) is 0 Å². The van der Waals surface area contributed by atoms with Gasteiger partial charge in [-0.25, -0.2) is 0 Å². The van der Waals surface area contributed by atoms with E-state index in [1.165, 1.54) is 11.1 Å². The molecule has 0 unspecified atom stereocenters. The minimum absolute atomic E-state index is 0.623. The van der Waals surface area contributed by atoms with Gasteiger partial charge in [-0.15, -0.1) is 13.2 Å². The number of hydrogen-bond acceptors (Lipinski definition) is 2. The Bertz CT molecular complexity index is 302. The van der Waals surface area contributed by atoms with E-state index >= 15 is 0 Å². The Morgan fingerprint density at radius 1 is 0.875 bits per heavy atom. The van der Waals surface area contributed by atoms with Crippen LogP contribution >= 0.6 is 0 Å². The van der Waals surface area contributed by atoms with Crippen LogP contribution in [0.4, 0.5) is 0 Å². The smallest absolute Gasteiger partial charge is 0.0755 e. The quantitative estimate of drug-likeness (QED) is 0.715. The molecule has 0 amide bonds. The minimum atomic E-state index is -0.623. The third-order valence-corrected chi connectivity index (χ3v) is 3.72. The summed E-state index contributed by atoms with van der Waals surface area (Å²) in [4.78, 5) is 0. The molecule has 0 atom stereocenters. The first-order valence-electron chi connectivity index (χ1n) is 5.87. The van der Waals surface area contributed by atoms with E-state index in [0.717, 1.165) is 0 Å². The van der Waals surface area contributed by atoms with E-state index in [1.807, 2.05) is 0 Å². The molecule has 2 N–H and O–H groups in total. The molecular formula is C14H20O2. The van der Waals surface area contributed by atoms with Crippen LogP contribution < -0.4 is 0 Å². The van der Waals surface area contributed by atoms with E-state index in [9.17, 15) is 10.2 Å². The highest BCUT2D eigenvalue weighted by molar-refractivity contribution is 5.34. The molecule has 2 heteroatoms. The Balaban J connectivity index is 2.03. The molecule has 0 radical (unpaired) electrons. The van der Waals surface area contributed by atoms with E-state index < -0.39 is 11.2 Å². The van der Waals surface area contributed by atoms with Crippen molar-refractivity contribution in [3.05, 3.63) is 36.5 Å². The third-order valence-electron chi connectivity index (χ3n) is 3.72. The lowest BCUT2D eigenvalue weighted by Gasteiger charge is -2.28. The van der Waals surface area contributed by atoms with Crippen molar-refractivity contribution >= 4 is 0 Å². The lowest BCUT2D eigenvalue weighted by Crippen LogP contribution is -2.30. The van der Waals surface area contributed by atoms with Gasteiger partial charge in [-0.2, -0.15) is 0 Å². The maximum absolute atomic E-state index is 10.3. The van der Waals surface area contributed by atoms with Gasteiger partial charge in [0.1, 0.15) is 0 Å². The van der Waals surface area contributed by atoms with Crippen molar-refractivity contribution in [2.45, 2.75) is 49.7 Å². The Labute approximate surface area is 97.0 Å². The van der Waals surface area contributed by atoms with Gasteiger partial charge in [0.25, 0.3) is 0 Å². The highest BCUT2D eigenvalue weighted by Crippen LogP contribution is 2.50. The van der Waals surface area contributed by atoms with Crippen molar-refractivity contribution < 1.29 is 10.2 Å². The van der Waals surface area contributed by atoms with Crippen molar-refractivity contribution in [3.8, 4) is 0 Å². The average Bonchev–Trinajstić information content (AvgIpc) is 2.55. The molecule has 0 spiro atoms. The summed E-state index contributed by atoms with van der Waals surface area (Å²) in [6.45, 7) is 7.36. The number of hydrogen-bond donors (Lipinski definition) is 2. The molecule has 2 nitrogen and oxygen atoms in total. The summed E-state index contributed by atoms with van der Waals surface area (Å²) in [5.41, 5.74) is 1.27. The molecule has 0 bridgehead atoms. The van der Waals surface area contributed by atoms with Crippen molar-refractivity contribution in [2.24, 2.45) is 0 Å². The zero-order chi connectivity index (χ0) is 11.8. The van der Waals surface area contributed by atoms with Crippen molar-refractivity contribution in [1.29, 1.82) is 0 Å². The van der Waals surface area contributed by atoms with Crippen LogP contribution in [-0.4, -0.2) is 21.4 Å². The third kappa shape index (κ3) is 2.00. The van der Waals surface area contributed by atoms with E-state index in [2.05, 4.69) is 13.2 Å². The van der Waals surface area contributed by atoms with E-state index in [1.54, 1.807) is 12.2 Å². The van der Waals surface area contributed by atoms with Gasteiger partial charge in [-0.1, -0.05) is 23.3 Å². The molecule has 0 saturated heterocycles. The van der Waals surface area contributed by atoms with Gasteiger partial charge >= 0.3 is 0 Å². The van der Waals surface area contributed by atoms with Crippen molar-refractivity contribution in [3.63, 3.8) is 0 Å². The van der Waals surface area contributed by atoms with Crippen LogP contribution in [0, 0.1) is 0 Å². The summed E-state index contributed by atoms with van der Waals surface area (Å²) in [7, 11) is 0. The summed E-state index contributed by atoms with van der Waals surface area (Å²) in [6, 6.07) is 0. The summed E-state index contributed by atoms with van der Waals surface area (Å²) >= 11 is 0. The molecule has 0 aliphatic heterocycles. The minimum Gasteiger partial charge on any atom is -0.389 e. The zero-order valence-electron chi connectivity index (χ0n) is 9.71. The fourth-order valence-electron chi connectivity index (χ4n) is 3.16. The first kappa shape index (κ1) is 11.6. The number of rotatable bonds is 4. The summed E-state index contributed by atoms with van der Waals surface area (Å²) in [6.07, 6.45) is 7.64. The standard InChI is InChI=1S/C14H20O2/c1-3-5-13(15)7-11-9-14(16,6-4-2)10-12(11)8-13/h3-4,15-16H,1-2,5-10H2. The normalized spacial score (nSPS) is 25.6. The molecule has 88 valence electrons. The predicted octanol–water partition coefficient (Wildman–Crippen LogP) is 2.49. The van der Waals surface area contributed by atoms with Crippen LogP contribution in [0.1, 0.15) is 38.5 Å². The largest absolute Gasteiger partial charge is 0.389 e. The molecule has 0 heterocycles. The van der Waals surface area contributed by atoms with Crippen molar-refractivity contribution in [2.75, 3.05) is 0 Å². The van der Waals surface area contributed by atoms with Gasteiger partial charge in [0.05, 0.1) is 11.2 Å². The van der Waals surface area contributed by atoms with Crippen LogP contribution in [0.5, 0.6) is 0 Å². The summed E-state index contributed by atoms with van der Waals surface area (Å²) in [5, 5.41) is 20.6. The lowest BCUT2D eigenvalue weighted by molar-refractivity contribution is 0.0256. The first-order chi connectivity index (χ1) is 7.50. The van der Waals surface area contributed by atoms with Crippen LogP contribution in [0.25, 0.3) is 0 Å². The maximum atomic E-state index is 10.3. The van der Waals surface area contributed by atoms with Crippen LogP contribution in [0.2, 0.25) is 0 Å². The second kappa shape index (κ2) is 3.86. The van der Waals surface area contributed by atoms with Gasteiger partial charge in [0, 0.05) is 0 Å². The Morgan fingerprint density at radius 3 is 1.44 bits per heavy atom. The second-order valence-corrected chi connectivity index (χ2v) is 5.35. The van der Waals surface area contributed by atoms with Gasteiger partial charge < -0.3 is 10.2 Å². The van der Waals surface area contributed by atoms with Gasteiger partial charge in [0.15, 0.2) is 0 Å². The van der Waals surface area contributed by atoms with Gasteiger partial charge in [-0.05, 0) is 38.5 Å². The SMILES string of the molecule is C=CCC1(O)CC2=C(C1)CC(O)(CC=C)C2. The molecule has 2 rings (SSSR count). The maximum Gasteiger partial charge on any atom is 0.0755 e. The Hall–Kier alpha value is -0.860. The van der Waals surface area contributed by atoms with Crippen LogP contribution in [-0.2, 0) is 0 Å². The van der Waals surface area contributed by atoms with Crippen LogP contribution in [0.3, 0.4) is 0 Å². The molecule has 0 fully saturated rings. The molecular weight excluding hydrogens is 200 g/mol. The Morgan fingerprint density at radius 2 is 1.19 bits per heavy atom. The molecule has 0 saturated carbocycles. The lowest BCUT2D eigenvalue weighted by atomic mass is 9.86. The van der Waals surface area contributed by atoms with E-state index in [-0.39, 0.29) is 0 Å². The second-order valence-electron chi connectivity index (χ2n) is 5.35. The molecule has 16 heavy (non-hydrogen) atoms. The average molecular weight is 220 g/mol. The van der Waals surface area contributed by atoms with Crippen molar-refractivity contribution in [1.82, 2.24) is 0 Å². The zero-order valence-corrected chi connectivity index (χ0v) is 9.71. The van der Waals surface area contributed by atoms with Gasteiger partial charge in [0.2, 0.25) is 0 Å². The number of aliphatic hydroxyl groups is 2.